The van der Waals surface area contributed by atoms with Crippen molar-refractivity contribution in [3.8, 4) is 5.75 Å². The smallest absolute Gasteiger partial charge is 0.125 e. The monoisotopic (exact) mass is 234 g/mol. The fourth-order valence-corrected chi connectivity index (χ4v) is 2.33. The zero-order valence-corrected chi connectivity index (χ0v) is 11.2. The van der Waals surface area contributed by atoms with Crippen LogP contribution in [0, 0.1) is 0 Å². The molecule has 0 aliphatic heterocycles. The molecule has 0 unspecified atom stereocenters. The molecular weight excluding hydrogens is 212 g/mol. The van der Waals surface area contributed by atoms with Crippen molar-refractivity contribution in [2.45, 2.75) is 51.6 Å². The van der Waals surface area contributed by atoms with Gasteiger partial charge in [0.2, 0.25) is 0 Å². The van der Waals surface area contributed by atoms with Crippen LogP contribution in [0.1, 0.15) is 56.2 Å². The van der Waals surface area contributed by atoms with Crippen molar-refractivity contribution < 1.29 is 9.84 Å². The second kappa shape index (κ2) is 4.34. The van der Waals surface area contributed by atoms with Crippen LogP contribution in [0.2, 0.25) is 0 Å². The maximum absolute atomic E-state index is 10.2. The SMILES string of the molecule is CCc1cc(C2(O)CC2)cc(C(C)C)c1OC. The number of aliphatic hydroxyl groups is 1. The quantitative estimate of drug-likeness (QED) is 0.865. The first-order valence-electron chi connectivity index (χ1n) is 6.45. The van der Waals surface area contributed by atoms with E-state index in [2.05, 4.69) is 32.9 Å². The highest BCUT2D eigenvalue weighted by molar-refractivity contribution is 5.48. The third-order valence-electron chi connectivity index (χ3n) is 3.66. The van der Waals surface area contributed by atoms with Gasteiger partial charge in [0, 0.05) is 0 Å². The molecule has 1 aliphatic rings. The van der Waals surface area contributed by atoms with Crippen molar-refractivity contribution in [2.75, 3.05) is 7.11 Å². The Morgan fingerprint density at radius 2 is 2.00 bits per heavy atom. The van der Waals surface area contributed by atoms with Crippen molar-refractivity contribution in [3.63, 3.8) is 0 Å². The zero-order valence-electron chi connectivity index (χ0n) is 11.2. The largest absolute Gasteiger partial charge is 0.496 e. The lowest BCUT2D eigenvalue weighted by Gasteiger charge is -2.19. The summed E-state index contributed by atoms with van der Waals surface area (Å²) in [5, 5.41) is 10.2. The molecule has 2 nitrogen and oxygen atoms in total. The number of hydrogen-bond donors (Lipinski definition) is 1. The van der Waals surface area contributed by atoms with E-state index in [-0.39, 0.29) is 0 Å². The molecule has 0 atom stereocenters. The lowest BCUT2D eigenvalue weighted by atomic mass is 9.92. The maximum Gasteiger partial charge on any atom is 0.125 e. The third kappa shape index (κ3) is 2.19. The van der Waals surface area contributed by atoms with Crippen LogP contribution in [0.25, 0.3) is 0 Å². The van der Waals surface area contributed by atoms with Gasteiger partial charge < -0.3 is 9.84 Å². The number of methoxy groups -OCH3 is 1. The summed E-state index contributed by atoms with van der Waals surface area (Å²) in [6.07, 6.45) is 2.72. The molecule has 1 saturated carbocycles. The van der Waals surface area contributed by atoms with E-state index >= 15 is 0 Å². The van der Waals surface area contributed by atoms with E-state index in [1.807, 2.05) is 0 Å². The zero-order chi connectivity index (χ0) is 12.6. The molecule has 0 amide bonds. The number of hydrogen-bond acceptors (Lipinski definition) is 2. The van der Waals surface area contributed by atoms with Crippen LogP contribution in [0.15, 0.2) is 12.1 Å². The Labute approximate surface area is 104 Å². The number of rotatable bonds is 4. The van der Waals surface area contributed by atoms with E-state index in [4.69, 9.17) is 4.74 Å². The van der Waals surface area contributed by atoms with Crippen LogP contribution in [0.5, 0.6) is 5.75 Å². The maximum atomic E-state index is 10.2. The summed E-state index contributed by atoms with van der Waals surface area (Å²) in [6.45, 7) is 6.46. The standard InChI is InChI=1S/C15H22O2/c1-5-11-8-12(15(16)6-7-15)9-13(10(2)3)14(11)17-4/h8-10,16H,5-7H2,1-4H3. The first-order chi connectivity index (χ1) is 8.01. The topological polar surface area (TPSA) is 29.5 Å². The van der Waals surface area contributed by atoms with E-state index in [9.17, 15) is 5.11 Å². The highest BCUT2D eigenvalue weighted by atomic mass is 16.5. The molecule has 0 heterocycles. The lowest BCUT2D eigenvalue weighted by molar-refractivity contribution is 0.151. The van der Waals surface area contributed by atoms with Gasteiger partial charge in [0.1, 0.15) is 5.75 Å². The average Bonchev–Trinajstić information content (AvgIpc) is 3.06. The molecule has 94 valence electrons. The van der Waals surface area contributed by atoms with Crippen molar-refractivity contribution in [1.29, 1.82) is 0 Å². The van der Waals surface area contributed by atoms with Crippen LogP contribution in [-0.4, -0.2) is 12.2 Å². The van der Waals surface area contributed by atoms with Gasteiger partial charge in [-0.25, -0.2) is 0 Å². The summed E-state index contributed by atoms with van der Waals surface area (Å²) in [5.74, 6) is 1.41. The van der Waals surface area contributed by atoms with Gasteiger partial charge in [0.15, 0.2) is 0 Å². The van der Waals surface area contributed by atoms with Crippen molar-refractivity contribution in [2.24, 2.45) is 0 Å². The summed E-state index contributed by atoms with van der Waals surface area (Å²) < 4.78 is 5.54. The molecule has 1 N–H and O–H groups in total. The molecule has 1 aliphatic carbocycles. The molecular formula is C15H22O2. The molecule has 2 heteroatoms. The highest BCUT2D eigenvalue weighted by Crippen LogP contribution is 2.47. The fraction of sp³-hybridized carbons (Fsp3) is 0.600. The number of ether oxygens (including phenoxy) is 1. The lowest BCUT2D eigenvalue weighted by Crippen LogP contribution is -2.08. The normalized spacial score (nSPS) is 17.3. The second-order valence-electron chi connectivity index (χ2n) is 5.30. The molecule has 0 saturated heterocycles. The Hall–Kier alpha value is -1.02. The Morgan fingerprint density at radius 1 is 1.35 bits per heavy atom. The van der Waals surface area contributed by atoms with Gasteiger partial charge >= 0.3 is 0 Å². The summed E-state index contributed by atoms with van der Waals surface area (Å²) in [4.78, 5) is 0. The fourth-order valence-electron chi connectivity index (χ4n) is 2.33. The molecule has 2 rings (SSSR count). The minimum Gasteiger partial charge on any atom is -0.496 e. The predicted molar refractivity (Wildman–Crippen MR) is 69.6 cm³/mol. The Kier molecular flexibility index (Phi) is 3.17. The summed E-state index contributed by atoms with van der Waals surface area (Å²) in [7, 11) is 1.73. The average molecular weight is 234 g/mol. The second-order valence-corrected chi connectivity index (χ2v) is 5.30. The molecule has 1 aromatic carbocycles. The first kappa shape index (κ1) is 12.4. The Balaban J connectivity index is 2.55. The third-order valence-corrected chi connectivity index (χ3v) is 3.66. The minimum atomic E-state index is -0.556. The Morgan fingerprint density at radius 3 is 2.41 bits per heavy atom. The molecule has 0 radical (unpaired) electrons. The molecule has 1 fully saturated rings. The highest BCUT2D eigenvalue weighted by Gasteiger charge is 2.42. The molecule has 0 bridgehead atoms. The van der Waals surface area contributed by atoms with Crippen LogP contribution < -0.4 is 4.74 Å². The first-order valence-corrected chi connectivity index (χ1v) is 6.45. The van der Waals surface area contributed by atoms with Gasteiger partial charge in [-0.15, -0.1) is 0 Å². The van der Waals surface area contributed by atoms with Gasteiger partial charge in [-0.3, -0.25) is 0 Å². The van der Waals surface area contributed by atoms with Gasteiger partial charge in [-0.05, 0) is 54.0 Å². The molecule has 0 aromatic heterocycles. The summed E-state index contributed by atoms with van der Waals surface area (Å²) in [6, 6.07) is 4.23. The van der Waals surface area contributed by atoms with E-state index in [0.29, 0.717) is 5.92 Å². The molecule has 1 aromatic rings. The van der Waals surface area contributed by atoms with Crippen molar-refractivity contribution in [1.82, 2.24) is 0 Å². The minimum absolute atomic E-state index is 0.414. The van der Waals surface area contributed by atoms with E-state index in [1.54, 1.807) is 7.11 Å². The van der Waals surface area contributed by atoms with Gasteiger partial charge in [-0.2, -0.15) is 0 Å². The molecule has 0 spiro atoms. The van der Waals surface area contributed by atoms with E-state index in [1.165, 1.54) is 11.1 Å². The molecule has 17 heavy (non-hydrogen) atoms. The van der Waals surface area contributed by atoms with Crippen molar-refractivity contribution >= 4 is 0 Å². The summed E-state index contributed by atoms with van der Waals surface area (Å²) in [5.41, 5.74) is 2.93. The summed E-state index contributed by atoms with van der Waals surface area (Å²) >= 11 is 0. The number of benzene rings is 1. The van der Waals surface area contributed by atoms with Crippen molar-refractivity contribution in [3.05, 3.63) is 28.8 Å². The van der Waals surface area contributed by atoms with Crippen LogP contribution in [-0.2, 0) is 12.0 Å². The van der Waals surface area contributed by atoms with Gasteiger partial charge in [0.05, 0.1) is 12.7 Å². The van der Waals surface area contributed by atoms with E-state index < -0.39 is 5.60 Å². The van der Waals surface area contributed by atoms with E-state index in [0.717, 1.165) is 30.6 Å². The van der Waals surface area contributed by atoms with Gasteiger partial charge in [0.25, 0.3) is 0 Å². The van der Waals surface area contributed by atoms with Crippen LogP contribution in [0.4, 0.5) is 0 Å². The van der Waals surface area contributed by atoms with Crippen LogP contribution >= 0.6 is 0 Å². The predicted octanol–water partition coefficient (Wildman–Crippen LogP) is 3.36. The van der Waals surface area contributed by atoms with Gasteiger partial charge in [-0.1, -0.05) is 20.8 Å². The Bertz CT molecular complexity index is 417. The van der Waals surface area contributed by atoms with Crippen LogP contribution in [0.3, 0.4) is 0 Å². The number of aryl methyl sites for hydroxylation is 1.